The van der Waals surface area contributed by atoms with Crippen LogP contribution in [0.4, 0.5) is 0 Å². The molecular formula is C18H23N5O3S. The predicted octanol–water partition coefficient (Wildman–Crippen LogP) is 2.05. The lowest BCUT2D eigenvalue weighted by molar-refractivity contribution is -0.124. The van der Waals surface area contributed by atoms with Gasteiger partial charge in [0.1, 0.15) is 5.54 Å². The number of carbonyl (C=O) groups is 1. The third kappa shape index (κ3) is 5.13. The zero-order valence-corrected chi connectivity index (χ0v) is 16.3. The Morgan fingerprint density at radius 3 is 3.00 bits per heavy atom. The third-order valence-electron chi connectivity index (χ3n) is 4.56. The molecule has 144 valence electrons. The van der Waals surface area contributed by atoms with E-state index < -0.39 is 5.54 Å². The number of hydrogen-bond acceptors (Lipinski definition) is 8. The van der Waals surface area contributed by atoms with E-state index in [4.69, 9.17) is 9.15 Å². The second-order valence-electron chi connectivity index (χ2n) is 6.82. The van der Waals surface area contributed by atoms with Crippen molar-refractivity contribution in [1.29, 1.82) is 5.26 Å². The number of thiophene rings is 1. The molecule has 9 heteroatoms. The zero-order chi connectivity index (χ0) is 19.3. The Labute approximate surface area is 162 Å². The fraction of sp³-hybridized carbons (Fsp3) is 0.556. The molecule has 0 saturated heterocycles. The second-order valence-corrected chi connectivity index (χ2v) is 7.77. The van der Waals surface area contributed by atoms with Gasteiger partial charge in [0.2, 0.25) is 11.8 Å². The number of hydrogen-bond donors (Lipinski definition) is 1. The first-order valence-corrected chi connectivity index (χ1v) is 9.72. The van der Waals surface area contributed by atoms with E-state index in [1.165, 1.54) is 11.3 Å². The van der Waals surface area contributed by atoms with Crippen LogP contribution >= 0.6 is 11.3 Å². The van der Waals surface area contributed by atoms with E-state index in [1.54, 1.807) is 14.0 Å². The van der Waals surface area contributed by atoms with Gasteiger partial charge in [-0.2, -0.15) is 5.26 Å². The molecule has 0 spiro atoms. The quantitative estimate of drug-likeness (QED) is 0.663. The minimum Gasteiger partial charge on any atom is -0.419 e. The van der Waals surface area contributed by atoms with Gasteiger partial charge < -0.3 is 14.5 Å². The molecule has 3 rings (SSSR count). The number of nitrogens with one attached hydrogen (secondary N) is 1. The molecule has 1 N–H and O–H groups in total. The molecule has 2 heterocycles. The highest BCUT2D eigenvalue weighted by Gasteiger charge is 2.43. The van der Waals surface area contributed by atoms with Crippen molar-refractivity contribution in [3.63, 3.8) is 0 Å². The van der Waals surface area contributed by atoms with Crippen LogP contribution in [0.25, 0.3) is 10.8 Å². The molecule has 2 aromatic heterocycles. The minimum atomic E-state index is -0.805. The topological polar surface area (TPSA) is 104 Å². The van der Waals surface area contributed by atoms with Gasteiger partial charge in [-0.25, -0.2) is 0 Å². The molecule has 8 nitrogen and oxygen atoms in total. The molecule has 0 radical (unpaired) electrons. The average Bonchev–Trinajstić information content (AvgIpc) is 3.18. The molecule has 0 unspecified atom stereocenters. The fourth-order valence-electron chi connectivity index (χ4n) is 2.86. The van der Waals surface area contributed by atoms with E-state index in [0.717, 1.165) is 17.7 Å². The Morgan fingerprint density at radius 2 is 2.37 bits per heavy atom. The number of methoxy groups -OCH3 is 1. The van der Waals surface area contributed by atoms with Crippen LogP contribution in [-0.4, -0.2) is 53.3 Å². The largest absolute Gasteiger partial charge is 0.419 e. The molecular weight excluding hydrogens is 366 g/mol. The van der Waals surface area contributed by atoms with Crippen molar-refractivity contribution in [2.24, 2.45) is 5.92 Å². The van der Waals surface area contributed by atoms with Crippen LogP contribution in [0.1, 0.15) is 25.7 Å². The van der Waals surface area contributed by atoms with Crippen LogP contribution in [0.2, 0.25) is 0 Å². The second kappa shape index (κ2) is 8.61. The maximum atomic E-state index is 12.5. The van der Waals surface area contributed by atoms with E-state index in [2.05, 4.69) is 21.6 Å². The van der Waals surface area contributed by atoms with E-state index in [9.17, 15) is 10.1 Å². The van der Waals surface area contributed by atoms with Crippen LogP contribution < -0.4 is 5.32 Å². The Hall–Kier alpha value is -2.28. The van der Waals surface area contributed by atoms with Gasteiger partial charge in [0, 0.05) is 13.7 Å². The van der Waals surface area contributed by atoms with Crippen LogP contribution in [0.3, 0.4) is 0 Å². The van der Waals surface area contributed by atoms with Gasteiger partial charge in [-0.1, -0.05) is 6.07 Å². The van der Waals surface area contributed by atoms with Crippen LogP contribution in [0.15, 0.2) is 21.9 Å². The first-order valence-electron chi connectivity index (χ1n) is 8.84. The van der Waals surface area contributed by atoms with Gasteiger partial charge in [-0.15, -0.1) is 21.5 Å². The number of amides is 1. The number of carbonyl (C=O) groups excluding carboxylic acids is 1. The van der Waals surface area contributed by atoms with Crippen molar-refractivity contribution in [3.05, 3.63) is 23.4 Å². The number of nitriles is 1. The summed E-state index contributed by atoms with van der Waals surface area (Å²) in [6.07, 6.45) is 1.95. The van der Waals surface area contributed by atoms with Gasteiger partial charge in [0.05, 0.1) is 30.6 Å². The summed E-state index contributed by atoms with van der Waals surface area (Å²) in [4.78, 5) is 15.3. The van der Waals surface area contributed by atoms with E-state index in [0.29, 0.717) is 31.5 Å². The summed E-state index contributed by atoms with van der Waals surface area (Å²) in [5.41, 5.74) is -0.805. The zero-order valence-electron chi connectivity index (χ0n) is 15.5. The monoisotopic (exact) mass is 389 g/mol. The molecule has 0 bridgehead atoms. The van der Waals surface area contributed by atoms with Crippen molar-refractivity contribution in [1.82, 2.24) is 20.4 Å². The fourth-order valence-corrected chi connectivity index (χ4v) is 3.50. The maximum Gasteiger partial charge on any atom is 0.257 e. The van der Waals surface area contributed by atoms with Crippen molar-refractivity contribution in [3.8, 4) is 16.8 Å². The lowest BCUT2D eigenvalue weighted by Crippen LogP contribution is -2.50. The molecule has 1 aliphatic carbocycles. The predicted molar refractivity (Wildman–Crippen MR) is 99.6 cm³/mol. The molecule has 0 aliphatic heterocycles. The molecule has 1 atom stereocenters. The Morgan fingerprint density at radius 1 is 1.56 bits per heavy atom. The molecule has 1 saturated carbocycles. The van der Waals surface area contributed by atoms with E-state index in [-0.39, 0.29) is 18.4 Å². The number of ether oxygens (including phenoxy) is 1. The van der Waals surface area contributed by atoms with Gasteiger partial charge in [0.25, 0.3) is 5.89 Å². The molecule has 2 aromatic rings. The van der Waals surface area contributed by atoms with Gasteiger partial charge in [-0.05, 0) is 37.1 Å². The van der Waals surface area contributed by atoms with Crippen molar-refractivity contribution < 1.29 is 13.9 Å². The van der Waals surface area contributed by atoms with E-state index >= 15 is 0 Å². The maximum absolute atomic E-state index is 12.5. The van der Waals surface area contributed by atoms with Crippen LogP contribution in [0, 0.1) is 17.2 Å². The highest BCUT2D eigenvalue weighted by atomic mass is 32.1. The molecule has 1 amide bonds. The Bertz CT molecular complexity index is 796. The summed E-state index contributed by atoms with van der Waals surface area (Å²) in [5.74, 6) is 0.956. The smallest absolute Gasteiger partial charge is 0.257 e. The molecule has 1 aliphatic rings. The van der Waals surface area contributed by atoms with Crippen LogP contribution in [0.5, 0.6) is 0 Å². The van der Waals surface area contributed by atoms with E-state index in [1.807, 2.05) is 22.4 Å². The summed E-state index contributed by atoms with van der Waals surface area (Å²) in [6.45, 7) is 3.25. The summed E-state index contributed by atoms with van der Waals surface area (Å²) in [5, 5.41) is 22.4. The lowest BCUT2D eigenvalue weighted by atomic mass is 9.98. The Balaban J connectivity index is 1.61. The Kier molecular flexibility index (Phi) is 6.21. The number of rotatable bonds is 10. The summed E-state index contributed by atoms with van der Waals surface area (Å²) in [7, 11) is 1.61. The lowest BCUT2D eigenvalue weighted by Gasteiger charge is -2.25. The van der Waals surface area contributed by atoms with Crippen LogP contribution in [-0.2, 0) is 16.1 Å². The summed E-state index contributed by atoms with van der Waals surface area (Å²) in [6, 6.07) is 6.08. The first-order chi connectivity index (χ1) is 13.0. The van der Waals surface area contributed by atoms with Gasteiger partial charge in [-0.3, -0.25) is 9.69 Å². The van der Waals surface area contributed by atoms with Crippen molar-refractivity contribution in [2.45, 2.75) is 31.8 Å². The van der Waals surface area contributed by atoms with Crippen molar-refractivity contribution in [2.75, 3.05) is 26.8 Å². The number of aromatic nitrogens is 2. The molecule has 1 fully saturated rings. The third-order valence-corrected chi connectivity index (χ3v) is 5.42. The number of nitrogens with zero attached hydrogens (tertiary/aromatic N) is 4. The summed E-state index contributed by atoms with van der Waals surface area (Å²) < 4.78 is 10.8. The van der Waals surface area contributed by atoms with Gasteiger partial charge >= 0.3 is 0 Å². The van der Waals surface area contributed by atoms with Crippen molar-refractivity contribution >= 4 is 17.2 Å². The van der Waals surface area contributed by atoms with Gasteiger partial charge in [0.15, 0.2) is 0 Å². The normalized spacial score (nSPS) is 16.1. The summed E-state index contributed by atoms with van der Waals surface area (Å²) >= 11 is 1.53. The highest BCUT2D eigenvalue weighted by Crippen LogP contribution is 2.39. The standard InChI is InChI=1S/C18H23N5O3S/c1-18(12-19,13-5-6-13)20-15(24)10-23(7-8-25-2)11-16-21-22-17(26-16)14-4-3-9-27-14/h3-4,9,13H,5-8,10-11H2,1-2H3,(H,20,24)/t18-/m0/s1. The average molecular weight is 389 g/mol. The SMILES string of the molecule is COCCN(CC(=O)N[C@@](C)(C#N)C1CC1)Cc1nnc(-c2cccs2)o1. The highest BCUT2D eigenvalue weighted by molar-refractivity contribution is 7.13. The molecule has 0 aromatic carbocycles. The molecule has 27 heavy (non-hydrogen) atoms. The first kappa shape index (κ1) is 19.5. The minimum absolute atomic E-state index is 0.129.